The molecule has 43 heavy (non-hydrogen) atoms. The Morgan fingerprint density at radius 2 is 1.02 bits per heavy atom. The van der Waals surface area contributed by atoms with Crippen LogP contribution in [0.15, 0.2) is 158 Å². The summed E-state index contributed by atoms with van der Waals surface area (Å²) in [6, 6.07) is 56.1. The van der Waals surface area contributed by atoms with Crippen molar-refractivity contribution in [3.63, 3.8) is 0 Å². The molecule has 0 aliphatic carbocycles. The molecule has 0 radical (unpaired) electrons. The molecule has 0 saturated carbocycles. The van der Waals surface area contributed by atoms with E-state index < -0.39 is 15.8 Å². The van der Waals surface area contributed by atoms with E-state index in [1.54, 1.807) is 14.2 Å². The molecule has 0 bridgehead atoms. The molecule has 0 amide bonds. The van der Waals surface area contributed by atoms with Gasteiger partial charge in [-0.15, -0.1) is 17.5 Å². The van der Waals surface area contributed by atoms with Gasteiger partial charge in [-0.05, 0) is 18.5 Å². The van der Waals surface area contributed by atoms with E-state index in [2.05, 4.69) is 158 Å². The van der Waals surface area contributed by atoms with Gasteiger partial charge < -0.3 is 38.5 Å². The Morgan fingerprint density at radius 3 is 1.49 bits per heavy atom. The Hall–Kier alpha value is -3.02. The summed E-state index contributed by atoms with van der Waals surface area (Å²) in [4.78, 5) is 0. The van der Waals surface area contributed by atoms with E-state index in [0.717, 1.165) is 0 Å². The maximum Gasteiger partial charge on any atom is 0.0345 e. The van der Waals surface area contributed by atoms with Crippen molar-refractivity contribution < 1.29 is 29.0 Å². The summed E-state index contributed by atoms with van der Waals surface area (Å²) in [5.74, 6) is 0. The molecule has 5 heteroatoms. The van der Waals surface area contributed by atoms with Gasteiger partial charge in [0.25, 0.3) is 0 Å². The van der Waals surface area contributed by atoms with E-state index in [1.165, 1.54) is 43.0 Å². The topological polar surface area (TPSA) is 18.5 Å². The fourth-order valence-corrected chi connectivity index (χ4v) is 9.96. The van der Waals surface area contributed by atoms with Crippen LogP contribution in [0, 0.1) is 0 Å². The molecule has 0 aromatic heterocycles. The van der Waals surface area contributed by atoms with E-state index in [-0.39, 0.29) is 19.5 Å². The van der Waals surface area contributed by atoms with Crippen LogP contribution in [0.5, 0.6) is 0 Å². The van der Waals surface area contributed by atoms with Crippen LogP contribution in [0.1, 0.15) is 11.1 Å². The minimum absolute atomic E-state index is 0. The van der Waals surface area contributed by atoms with Crippen molar-refractivity contribution in [3.8, 4) is 0 Å². The van der Waals surface area contributed by atoms with Crippen LogP contribution in [-0.2, 0) is 42.2 Å². The van der Waals surface area contributed by atoms with Crippen molar-refractivity contribution in [2.24, 2.45) is 0 Å². The SMILES string of the molecule is COC[c-]1[cH-][cH-][cH-][c-]1P(c1ccccc1)c1ccccc1.COC[c-]1cccc1P(c1ccccc1)c1ccccc1.[Ru]. The maximum atomic E-state index is 5.36. The molecular weight excluding hydrogens is 651 g/mol. The summed E-state index contributed by atoms with van der Waals surface area (Å²) in [5.41, 5.74) is 2.58. The third-order valence-electron chi connectivity index (χ3n) is 6.90. The van der Waals surface area contributed by atoms with Gasteiger partial charge in [0.15, 0.2) is 0 Å². The van der Waals surface area contributed by atoms with E-state index in [4.69, 9.17) is 9.47 Å². The van der Waals surface area contributed by atoms with Crippen LogP contribution in [0.2, 0.25) is 0 Å². The van der Waals surface area contributed by atoms with Crippen LogP contribution in [0.4, 0.5) is 0 Å². The van der Waals surface area contributed by atoms with Crippen molar-refractivity contribution in [3.05, 3.63) is 169 Å². The molecule has 2 nitrogen and oxygen atoms in total. The summed E-state index contributed by atoms with van der Waals surface area (Å²) in [5, 5.41) is 8.29. The Balaban J connectivity index is 0.000000192. The van der Waals surface area contributed by atoms with Crippen molar-refractivity contribution in [1.82, 2.24) is 0 Å². The van der Waals surface area contributed by atoms with Gasteiger partial charge in [0.1, 0.15) is 0 Å². The zero-order chi connectivity index (χ0) is 29.0. The molecule has 0 aliphatic rings. The first-order chi connectivity index (χ1) is 20.8. The number of methoxy groups -OCH3 is 2. The van der Waals surface area contributed by atoms with Crippen molar-refractivity contribution in [2.45, 2.75) is 13.2 Å². The number of benzene rings is 4. The first-order valence-electron chi connectivity index (χ1n) is 14.1. The third-order valence-corrected chi connectivity index (χ3v) is 12.0. The molecule has 6 rings (SSSR count). The summed E-state index contributed by atoms with van der Waals surface area (Å²) < 4.78 is 10.7. The quantitative estimate of drug-likeness (QED) is 0.0917. The molecule has 0 unspecified atom stereocenters. The van der Waals surface area contributed by atoms with Gasteiger partial charge in [-0.25, -0.2) is 20.1 Å². The largest absolute Gasteiger partial charge is 0.747 e. The average Bonchev–Trinajstić information content (AvgIpc) is 3.70. The standard InChI is InChI=1S/2C19H18OP.Ru/c2*1-20-15-16-9-8-14-19(16)21(17-10-4-2-5-11-17)18-12-6-3-7-13-18;/h2*2-14H,15H2,1H3;/q-5;-1;. The van der Waals surface area contributed by atoms with Gasteiger partial charge >= 0.3 is 0 Å². The second-order valence-electron chi connectivity index (χ2n) is 9.75. The van der Waals surface area contributed by atoms with Crippen LogP contribution in [0.25, 0.3) is 0 Å². The van der Waals surface area contributed by atoms with Gasteiger partial charge in [-0.2, -0.15) is 6.07 Å². The molecule has 0 atom stereocenters. The van der Waals surface area contributed by atoms with Gasteiger partial charge in [-0.1, -0.05) is 132 Å². The van der Waals surface area contributed by atoms with E-state index in [1.807, 2.05) is 0 Å². The summed E-state index contributed by atoms with van der Waals surface area (Å²) in [6.07, 6.45) is 0. The van der Waals surface area contributed by atoms with E-state index in [0.29, 0.717) is 13.2 Å². The molecule has 0 fully saturated rings. The first-order valence-corrected chi connectivity index (χ1v) is 16.8. The molecule has 6 aromatic carbocycles. The molecular formula is C38H36O2P2Ru-6. The Bertz CT molecular complexity index is 1400. The van der Waals surface area contributed by atoms with Crippen LogP contribution in [-0.4, -0.2) is 14.2 Å². The van der Waals surface area contributed by atoms with E-state index in [9.17, 15) is 0 Å². The predicted molar refractivity (Wildman–Crippen MR) is 183 cm³/mol. The molecule has 224 valence electrons. The Morgan fingerprint density at radius 1 is 0.558 bits per heavy atom. The van der Waals surface area contributed by atoms with Crippen molar-refractivity contribution in [1.29, 1.82) is 0 Å². The minimum Gasteiger partial charge on any atom is -0.747 e. The Labute approximate surface area is 271 Å². The monoisotopic (exact) mass is 688 g/mol. The number of ether oxygens (including phenoxy) is 2. The predicted octanol–water partition coefficient (Wildman–Crippen LogP) is 6.62. The molecule has 0 aliphatic heterocycles. The number of rotatable bonds is 10. The van der Waals surface area contributed by atoms with Gasteiger partial charge in [0, 0.05) is 40.3 Å². The second-order valence-corrected chi connectivity index (χ2v) is 14.1. The van der Waals surface area contributed by atoms with Crippen LogP contribution < -0.4 is 31.8 Å². The normalized spacial score (nSPS) is 10.7. The van der Waals surface area contributed by atoms with Gasteiger partial charge in [0.2, 0.25) is 0 Å². The second kappa shape index (κ2) is 17.3. The third kappa shape index (κ3) is 8.55. The Kier molecular flexibility index (Phi) is 13.2. The smallest absolute Gasteiger partial charge is 0.0345 e. The van der Waals surface area contributed by atoms with Crippen molar-refractivity contribution >= 4 is 47.7 Å². The molecule has 0 saturated heterocycles. The maximum absolute atomic E-state index is 5.36. The molecule has 6 aromatic rings. The average molecular weight is 688 g/mol. The molecule has 0 spiro atoms. The van der Waals surface area contributed by atoms with Crippen LogP contribution >= 0.6 is 15.8 Å². The zero-order valence-electron chi connectivity index (χ0n) is 24.5. The van der Waals surface area contributed by atoms with Gasteiger partial charge in [0.05, 0.1) is 0 Å². The summed E-state index contributed by atoms with van der Waals surface area (Å²) >= 11 is 0. The van der Waals surface area contributed by atoms with E-state index >= 15 is 0 Å². The molecule has 0 heterocycles. The summed E-state index contributed by atoms with van der Waals surface area (Å²) in [7, 11) is 2.47. The molecule has 0 N–H and O–H groups in total. The number of hydrogen-bond donors (Lipinski definition) is 0. The zero-order valence-corrected chi connectivity index (χ0v) is 28.0. The van der Waals surface area contributed by atoms with Gasteiger partial charge in [-0.3, -0.25) is 0 Å². The fourth-order valence-electron chi connectivity index (χ4n) is 5.05. The first kappa shape index (κ1) is 32.9. The number of hydrogen-bond acceptors (Lipinski definition) is 2. The van der Waals surface area contributed by atoms with Crippen molar-refractivity contribution in [2.75, 3.05) is 14.2 Å². The fraction of sp³-hybridized carbons (Fsp3) is 0.105. The van der Waals surface area contributed by atoms with Crippen LogP contribution in [0.3, 0.4) is 0 Å². The summed E-state index contributed by atoms with van der Waals surface area (Å²) in [6.45, 7) is 1.33. The minimum atomic E-state index is -0.521.